The lowest BCUT2D eigenvalue weighted by Crippen LogP contribution is -2.22. The number of aliphatic carboxylic acids is 1. The molecule has 1 aromatic heterocycles. The highest BCUT2D eigenvalue weighted by atomic mass is 16.5. The summed E-state index contributed by atoms with van der Waals surface area (Å²) in [5, 5.41) is 8.99. The number of hydrogen-bond donors (Lipinski definition) is 2. The zero-order valence-corrected chi connectivity index (χ0v) is 10.0. The van der Waals surface area contributed by atoms with E-state index < -0.39 is 5.97 Å². The van der Waals surface area contributed by atoms with Crippen LogP contribution in [0.1, 0.15) is 30.6 Å². The Morgan fingerprint density at radius 2 is 2.47 bits per heavy atom. The van der Waals surface area contributed by atoms with Crippen molar-refractivity contribution in [2.24, 2.45) is 5.92 Å². The number of ether oxygens (including phenoxy) is 1. The lowest BCUT2D eigenvalue weighted by atomic mass is 9.90. The molecular formula is C12H18N2O3. The van der Waals surface area contributed by atoms with Crippen molar-refractivity contribution < 1.29 is 14.6 Å². The lowest BCUT2D eigenvalue weighted by Gasteiger charge is -2.16. The molecule has 0 aromatic carbocycles. The van der Waals surface area contributed by atoms with Crippen LogP contribution >= 0.6 is 0 Å². The predicted octanol–water partition coefficient (Wildman–Crippen LogP) is 1.18. The maximum Gasteiger partial charge on any atom is 0.306 e. The molecule has 0 aliphatic heterocycles. The Labute approximate surface area is 100 Å². The van der Waals surface area contributed by atoms with E-state index in [2.05, 4.69) is 9.97 Å². The van der Waals surface area contributed by atoms with E-state index in [0.717, 1.165) is 30.1 Å². The van der Waals surface area contributed by atoms with Crippen LogP contribution in [0.2, 0.25) is 0 Å². The van der Waals surface area contributed by atoms with Gasteiger partial charge in [-0.1, -0.05) is 0 Å². The number of carboxylic acid groups (broad SMARTS) is 1. The minimum atomic E-state index is -0.707. The maximum atomic E-state index is 10.9. The third-order valence-electron chi connectivity index (χ3n) is 3.13. The van der Waals surface area contributed by atoms with Gasteiger partial charge < -0.3 is 14.8 Å². The molecule has 1 aliphatic rings. The van der Waals surface area contributed by atoms with Crippen molar-refractivity contribution in [2.75, 3.05) is 13.2 Å². The molecule has 0 fully saturated rings. The van der Waals surface area contributed by atoms with Gasteiger partial charge in [-0.25, -0.2) is 4.98 Å². The van der Waals surface area contributed by atoms with E-state index in [4.69, 9.17) is 9.84 Å². The smallest absolute Gasteiger partial charge is 0.306 e. The molecular weight excluding hydrogens is 220 g/mol. The molecule has 0 spiro atoms. The van der Waals surface area contributed by atoms with Crippen molar-refractivity contribution in [1.82, 2.24) is 9.97 Å². The number of aryl methyl sites for hydroxylation is 1. The normalized spacial score (nSPS) is 19.0. The molecule has 0 bridgehead atoms. The van der Waals surface area contributed by atoms with E-state index in [1.165, 1.54) is 0 Å². The van der Waals surface area contributed by atoms with Crippen molar-refractivity contribution in [3.63, 3.8) is 0 Å². The molecule has 0 saturated carbocycles. The fourth-order valence-corrected chi connectivity index (χ4v) is 2.18. The summed E-state index contributed by atoms with van der Waals surface area (Å²) < 4.78 is 5.27. The van der Waals surface area contributed by atoms with Gasteiger partial charge in [-0.15, -0.1) is 0 Å². The third-order valence-corrected chi connectivity index (χ3v) is 3.13. The number of nitrogens with zero attached hydrogens (tertiary/aromatic N) is 1. The van der Waals surface area contributed by atoms with Gasteiger partial charge in [0.2, 0.25) is 0 Å². The van der Waals surface area contributed by atoms with Gasteiger partial charge in [-0.2, -0.15) is 0 Å². The summed E-state index contributed by atoms with van der Waals surface area (Å²) >= 11 is 0. The highest BCUT2D eigenvalue weighted by Crippen LogP contribution is 2.24. The van der Waals surface area contributed by atoms with Crippen LogP contribution in [0.4, 0.5) is 0 Å². The average Bonchev–Trinajstić information content (AvgIpc) is 2.70. The molecule has 0 amide bonds. The van der Waals surface area contributed by atoms with E-state index in [1.807, 2.05) is 6.92 Å². The minimum Gasteiger partial charge on any atom is -0.481 e. The number of fused-ring (bicyclic) bond motifs is 1. The molecule has 94 valence electrons. The molecule has 2 N–H and O–H groups in total. The number of hydrogen-bond acceptors (Lipinski definition) is 3. The lowest BCUT2D eigenvalue weighted by molar-refractivity contribution is -0.142. The Morgan fingerprint density at radius 3 is 3.18 bits per heavy atom. The van der Waals surface area contributed by atoms with Crippen LogP contribution in [0.3, 0.4) is 0 Å². The summed E-state index contributed by atoms with van der Waals surface area (Å²) in [7, 11) is 0. The largest absolute Gasteiger partial charge is 0.481 e. The second kappa shape index (κ2) is 5.31. The van der Waals surface area contributed by atoms with Gasteiger partial charge in [0.05, 0.1) is 18.2 Å². The van der Waals surface area contributed by atoms with Crippen LogP contribution < -0.4 is 0 Å². The molecule has 1 heterocycles. The molecule has 0 radical (unpaired) electrons. The van der Waals surface area contributed by atoms with Gasteiger partial charge in [0.15, 0.2) is 0 Å². The van der Waals surface area contributed by atoms with Gasteiger partial charge in [-0.3, -0.25) is 4.79 Å². The van der Waals surface area contributed by atoms with Crippen molar-refractivity contribution in [1.29, 1.82) is 0 Å². The summed E-state index contributed by atoms with van der Waals surface area (Å²) in [4.78, 5) is 18.6. The predicted molar refractivity (Wildman–Crippen MR) is 61.9 cm³/mol. The number of H-pyrrole nitrogens is 1. The molecule has 1 unspecified atom stereocenters. The van der Waals surface area contributed by atoms with Crippen LogP contribution in [-0.4, -0.2) is 34.3 Å². The summed E-state index contributed by atoms with van der Waals surface area (Å²) in [6, 6.07) is 0. The Morgan fingerprint density at radius 1 is 1.65 bits per heavy atom. The molecule has 17 heavy (non-hydrogen) atoms. The summed E-state index contributed by atoms with van der Waals surface area (Å²) in [5.74, 6) is -0.0571. The minimum absolute atomic E-state index is 0.261. The second-order valence-electron chi connectivity index (χ2n) is 4.33. The average molecular weight is 238 g/mol. The topological polar surface area (TPSA) is 75.2 Å². The molecule has 5 heteroatoms. The van der Waals surface area contributed by atoms with E-state index in [9.17, 15) is 4.79 Å². The SMILES string of the molecule is CCOCCc1nc2c([nH]1)CC(C(=O)O)CC2. The summed E-state index contributed by atoms with van der Waals surface area (Å²) in [5.41, 5.74) is 2.03. The highest BCUT2D eigenvalue weighted by Gasteiger charge is 2.26. The molecule has 0 saturated heterocycles. The standard InChI is InChI=1S/C12H18N2O3/c1-2-17-6-5-11-13-9-4-3-8(12(15)16)7-10(9)14-11/h8H,2-7H2,1H3,(H,13,14)(H,15,16). The van der Waals surface area contributed by atoms with Crippen LogP contribution in [0.5, 0.6) is 0 Å². The first-order valence-corrected chi connectivity index (χ1v) is 6.08. The molecule has 1 aromatic rings. The van der Waals surface area contributed by atoms with Crippen LogP contribution in [-0.2, 0) is 28.8 Å². The first-order valence-electron chi connectivity index (χ1n) is 6.08. The van der Waals surface area contributed by atoms with E-state index in [0.29, 0.717) is 26.1 Å². The number of imidazole rings is 1. The van der Waals surface area contributed by atoms with Crippen LogP contribution in [0, 0.1) is 5.92 Å². The first-order chi connectivity index (χ1) is 8.20. The van der Waals surface area contributed by atoms with E-state index in [-0.39, 0.29) is 5.92 Å². The number of aromatic nitrogens is 2. The number of carboxylic acids is 1. The highest BCUT2D eigenvalue weighted by molar-refractivity contribution is 5.70. The fourth-order valence-electron chi connectivity index (χ4n) is 2.18. The zero-order chi connectivity index (χ0) is 12.3. The number of rotatable bonds is 5. The number of aromatic amines is 1. The van der Waals surface area contributed by atoms with Crippen molar-refractivity contribution >= 4 is 5.97 Å². The quantitative estimate of drug-likeness (QED) is 0.755. The van der Waals surface area contributed by atoms with E-state index >= 15 is 0 Å². The summed E-state index contributed by atoms with van der Waals surface area (Å²) in [6.45, 7) is 3.33. The van der Waals surface area contributed by atoms with Crippen molar-refractivity contribution in [3.8, 4) is 0 Å². The van der Waals surface area contributed by atoms with Crippen molar-refractivity contribution in [2.45, 2.75) is 32.6 Å². The van der Waals surface area contributed by atoms with E-state index in [1.54, 1.807) is 0 Å². The Hall–Kier alpha value is -1.36. The van der Waals surface area contributed by atoms with Gasteiger partial charge in [0.25, 0.3) is 0 Å². The Kier molecular flexibility index (Phi) is 3.78. The van der Waals surface area contributed by atoms with Gasteiger partial charge >= 0.3 is 5.97 Å². The second-order valence-corrected chi connectivity index (χ2v) is 4.33. The molecule has 1 atom stereocenters. The van der Waals surface area contributed by atoms with Gasteiger partial charge in [0, 0.05) is 25.1 Å². The van der Waals surface area contributed by atoms with Crippen LogP contribution in [0.15, 0.2) is 0 Å². The monoisotopic (exact) mass is 238 g/mol. The molecule has 5 nitrogen and oxygen atoms in total. The maximum absolute atomic E-state index is 10.9. The van der Waals surface area contributed by atoms with Crippen LogP contribution in [0.25, 0.3) is 0 Å². The number of nitrogens with one attached hydrogen (secondary N) is 1. The van der Waals surface area contributed by atoms with Gasteiger partial charge in [-0.05, 0) is 19.8 Å². The molecule has 2 rings (SSSR count). The Bertz CT molecular complexity index is 400. The number of carbonyl (C=O) groups is 1. The first kappa shape index (κ1) is 12.1. The molecule has 1 aliphatic carbocycles. The summed E-state index contributed by atoms with van der Waals surface area (Å²) in [6.07, 6.45) is 2.79. The van der Waals surface area contributed by atoms with Crippen molar-refractivity contribution in [3.05, 3.63) is 17.2 Å². The zero-order valence-electron chi connectivity index (χ0n) is 10.0. The Balaban J connectivity index is 1.99. The fraction of sp³-hybridized carbons (Fsp3) is 0.667. The van der Waals surface area contributed by atoms with Gasteiger partial charge in [0.1, 0.15) is 5.82 Å². The third kappa shape index (κ3) is 2.85.